The number of hydrogen-bond donors (Lipinski definition) is 0. The van der Waals surface area contributed by atoms with Gasteiger partial charge in [0.2, 0.25) is 0 Å². The van der Waals surface area contributed by atoms with Crippen molar-refractivity contribution in [2.24, 2.45) is 0 Å². The quantitative estimate of drug-likeness (QED) is 0.0262. The molecule has 6 nitrogen and oxygen atoms in total. The van der Waals surface area contributed by atoms with Crippen molar-refractivity contribution in [1.82, 2.24) is 0 Å². The molecule has 394 valence electrons. The highest BCUT2D eigenvalue weighted by Gasteiger charge is 2.19. The van der Waals surface area contributed by atoms with Crippen LogP contribution in [0.2, 0.25) is 0 Å². The Morgan fingerprint density at radius 3 is 1.00 bits per heavy atom. The highest BCUT2D eigenvalue weighted by atomic mass is 16.6. The zero-order valence-electron chi connectivity index (χ0n) is 45.0. The molecule has 0 bridgehead atoms. The largest absolute Gasteiger partial charge is 0.462 e. The van der Waals surface area contributed by atoms with E-state index < -0.39 is 6.10 Å². The van der Waals surface area contributed by atoms with E-state index in [4.69, 9.17) is 14.2 Å². The molecule has 0 aromatic rings. The smallest absolute Gasteiger partial charge is 0.306 e. The average molecular weight is 960 g/mol. The summed E-state index contributed by atoms with van der Waals surface area (Å²) in [6.45, 7) is 6.44. The number of rotatable bonds is 51. The lowest BCUT2D eigenvalue weighted by Gasteiger charge is -2.18. The van der Waals surface area contributed by atoms with Crippen molar-refractivity contribution in [3.05, 3.63) is 97.2 Å². The molecule has 0 spiro atoms. The summed E-state index contributed by atoms with van der Waals surface area (Å²) < 4.78 is 16.8. The van der Waals surface area contributed by atoms with Crippen molar-refractivity contribution >= 4 is 17.9 Å². The molecule has 0 aromatic carbocycles. The van der Waals surface area contributed by atoms with E-state index in [1.54, 1.807) is 0 Å². The molecular formula is C63H106O6. The average Bonchev–Trinajstić information content (AvgIpc) is 3.35. The Labute approximate surface area is 426 Å². The number of esters is 3. The van der Waals surface area contributed by atoms with Gasteiger partial charge in [-0.3, -0.25) is 14.4 Å². The highest BCUT2D eigenvalue weighted by molar-refractivity contribution is 5.71. The van der Waals surface area contributed by atoms with Gasteiger partial charge in [0.05, 0.1) is 0 Å². The summed E-state index contributed by atoms with van der Waals surface area (Å²) in [5, 5.41) is 0. The van der Waals surface area contributed by atoms with Crippen molar-refractivity contribution in [2.75, 3.05) is 13.2 Å². The molecule has 6 heteroatoms. The highest BCUT2D eigenvalue weighted by Crippen LogP contribution is 2.14. The lowest BCUT2D eigenvalue weighted by atomic mass is 10.1. The van der Waals surface area contributed by atoms with E-state index in [1.165, 1.54) is 128 Å². The summed E-state index contributed by atoms with van der Waals surface area (Å²) in [4.78, 5) is 38.1. The van der Waals surface area contributed by atoms with Crippen molar-refractivity contribution in [2.45, 2.75) is 271 Å². The Balaban J connectivity index is 4.48. The van der Waals surface area contributed by atoms with Gasteiger partial charge < -0.3 is 14.2 Å². The molecule has 0 radical (unpaired) electrons. The van der Waals surface area contributed by atoms with Crippen LogP contribution in [0.25, 0.3) is 0 Å². The van der Waals surface area contributed by atoms with Gasteiger partial charge in [-0.05, 0) is 109 Å². The summed E-state index contributed by atoms with van der Waals surface area (Å²) in [7, 11) is 0. The molecule has 0 amide bonds. The first-order valence-electron chi connectivity index (χ1n) is 28.7. The minimum Gasteiger partial charge on any atom is -0.462 e. The molecule has 1 atom stereocenters. The van der Waals surface area contributed by atoms with Crippen LogP contribution in [0.4, 0.5) is 0 Å². The molecule has 0 aliphatic carbocycles. The van der Waals surface area contributed by atoms with E-state index >= 15 is 0 Å². The van der Waals surface area contributed by atoms with Gasteiger partial charge in [-0.25, -0.2) is 0 Å². The van der Waals surface area contributed by atoms with Gasteiger partial charge in [0, 0.05) is 19.3 Å². The van der Waals surface area contributed by atoms with Crippen LogP contribution in [0.5, 0.6) is 0 Å². The van der Waals surface area contributed by atoms with Gasteiger partial charge in [-0.2, -0.15) is 0 Å². The van der Waals surface area contributed by atoms with Crippen LogP contribution in [-0.2, 0) is 28.6 Å². The van der Waals surface area contributed by atoms with Crippen LogP contribution < -0.4 is 0 Å². The SMILES string of the molecule is CC/C=C\C/C=C\C/C=C\C/C=C\C/C=C\CCCCCC(=O)OCC(COC(=O)CC/C=C\C/C=C\CCCCCCCC)OC(=O)CCCCCCCCC/C=C\CCCCCCCCCC. The fourth-order valence-corrected chi connectivity index (χ4v) is 7.75. The lowest BCUT2D eigenvalue weighted by Crippen LogP contribution is -2.30. The number of carbonyl (C=O) groups excluding carboxylic acids is 3. The second-order valence-corrected chi connectivity index (χ2v) is 18.8. The molecule has 0 N–H and O–H groups in total. The van der Waals surface area contributed by atoms with Crippen LogP contribution in [0.15, 0.2) is 97.2 Å². The topological polar surface area (TPSA) is 78.9 Å². The third-order valence-electron chi connectivity index (χ3n) is 12.1. The van der Waals surface area contributed by atoms with Crippen molar-refractivity contribution in [3.63, 3.8) is 0 Å². The monoisotopic (exact) mass is 959 g/mol. The first-order chi connectivity index (χ1) is 34.0. The summed E-state index contributed by atoms with van der Waals surface area (Å²) in [6, 6.07) is 0. The molecule has 1 unspecified atom stereocenters. The van der Waals surface area contributed by atoms with E-state index in [2.05, 4.69) is 112 Å². The molecular weight excluding hydrogens is 853 g/mol. The van der Waals surface area contributed by atoms with E-state index in [9.17, 15) is 14.4 Å². The van der Waals surface area contributed by atoms with Crippen molar-refractivity contribution in [1.29, 1.82) is 0 Å². The minimum absolute atomic E-state index is 0.114. The maximum absolute atomic E-state index is 12.9. The van der Waals surface area contributed by atoms with Crippen molar-refractivity contribution in [3.8, 4) is 0 Å². The van der Waals surface area contributed by atoms with Gasteiger partial charge in [-0.15, -0.1) is 0 Å². The molecule has 0 saturated heterocycles. The number of ether oxygens (including phenoxy) is 3. The third kappa shape index (κ3) is 55.1. The second kappa shape index (κ2) is 56.9. The van der Waals surface area contributed by atoms with Crippen LogP contribution in [0, 0.1) is 0 Å². The number of allylic oxidation sites excluding steroid dienone is 16. The van der Waals surface area contributed by atoms with Crippen LogP contribution >= 0.6 is 0 Å². The molecule has 0 aliphatic heterocycles. The number of carbonyl (C=O) groups is 3. The van der Waals surface area contributed by atoms with E-state index in [-0.39, 0.29) is 37.5 Å². The molecule has 0 fully saturated rings. The normalized spacial score (nSPS) is 12.8. The Hall–Kier alpha value is -3.67. The Bertz CT molecular complexity index is 1380. The van der Waals surface area contributed by atoms with E-state index in [1.807, 2.05) is 6.08 Å². The van der Waals surface area contributed by atoms with E-state index in [0.29, 0.717) is 19.3 Å². The zero-order chi connectivity index (χ0) is 50.0. The maximum atomic E-state index is 12.9. The predicted molar refractivity (Wildman–Crippen MR) is 297 cm³/mol. The third-order valence-corrected chi connectivity index (χ3v) is 12.1. The molecule has 0 rings (SSSR count). The summed E-state index contributed by atoms with van der Waals surface area (Å²) in [5.74, 6) is -1.01. The van der Waals surface area contributed by atoms with Gasteiger partial charge in [0.1, 0.15) is 13.2 Å². The maximum Gasteiger partial charge on any atom is 0.306 e. The number of unbranched alkanes of at least 4 members (excludes halogenated alkanes) is 24. The number of hydrogen-bond acceptors (Lipinski definition) is 6. The predicted octanol–water partition coefficient (Wildman–Crippen LogP) is 19.3. The fraction of sp³-hybridized carbons (Fsp3) is 0.698. The van der Waals surface area contributed by atoms with Gasteiger partial charge >= 0.3 is 17.9 Å². The fourth-order valence-electron chi connectivity index (χ4n) is 7.75. The summed E-state index contributed by atoms with van der Waals surface area (Å²) in [6.07, 6.45) is 75.5. The van der Waals surface area contributed by atoms with Gasteiger partial charge in [0.15, 0.2) is 6.10 Å². The molecule has 0 aliphatic rings. The standard InChI is InChI=1S/C63H106O6/c1-4-7-10-13-16-19-22-25-27-29-31-33-35-38-41-44-47-50-53-56-62(65)68-59-60(58-67-61(64)55-52-49-46-43-40-37-24-21-18-15-12-9-6-3)69-63(66)57-54-51-48-45-42-39-36-34-32-30-28-26-23-20-17-14-11-8-5-2/h7,10,16,19,25,27,30-33,37-38,40-41,46,49,60H,4-6,8-9,11-15,17-18,20-24,26,28-29,34-36,39,42-45,47-48,50-59H2,1-3H3/b10-7-,19-16-,27-25-,32-30-,33-31-,40-37-,41-38-,49-46-. The molecule has 0 aromatic heterocycles. The van der Waals surface area contributed by atoms with Crippen molar-refractivity contribution < 1.29 is 28.6 Å². The van der Waals surface area contributed by atoms with Gasteiger partial charge in [0.25, 0.3) is 0 Å². The Morgan fingerprint density at radius 2 is 0.594 bits per heavy atom. The summed E-state index contributed by atoms with van der Waals surface area (Å²) >= 11 is 0. The van der Waals surface area contributed by atoms with Gasteiger partial charge in [-0.1, -0.05) is 234 Å². The zero-order valence-corrected chi connectivity index (χ0v) is 45.0. The first kappa shape index (κ1) is 65.3. The molecule has 0 saturated carbocycles. The van der Waals surface area contributed by atoms with Crippen LogP contribution in [0.1, 0.15) is 265 Å². The first-order valence-corrected chi connectivity index (χ1v) is 28.7. The lowest BCUT2D eigenvalue weighted by molar-refractivity contribution is -0.166. The van der Waals surface area contributed by atoms with Crippen LogP contribution in [0.3, 0.4) is 0 Å². The van der Waals surface area contributed by atoms with E-state index in [0.717, 1.165) is 89.9 Å². The van der Waals surface area contributed by atoms with Crippen LogP contribution in [-0.4, -0.2) is 37.2 Å². The molecule has 0 heterocycles. The Kier molecular flexibility index (Phi) is 53.9. The second-order valence-electron chi connectivity index (χ2n) is 18.8. The Morgan fingerprint density at radius 1 is 0.304 bits per heavy atom. The summed E-state index contributed by atoms with van der Waals surface area (Å²) in [5.41, 5.74) is 0. The molecule has 69 heavy (non-hydrogen) atoms. The minimum atomic E-state index is -0.817.